The summed E-state index contributed by atoms with van der Waals surface area (Å²) < 4.78 is 17.6. The van der Waals surface area contributed by atoms with Crippen LogP contribution in [-0.2, 0) is 16.9 Å². The van der Waals surface area contributed by atoms with Gasteiger partial charge in [0, 0.05) is 23.7 Å². The summed E-state index contributed by atoms with van der Waals surface area (Å²) in [7, 11) is 0. The van der Waals surface area contributed by atoms with Gasteiger partial charge in [-0.1, -0.05) is 18.2 Å². The van der Waals surface area contributed by atoms with Crippen LogP contribution in [0, 0.1) is 40.1 Å². The third kappa shape index (κ3) is 3.98. The molecule has 0 unspecified atom stereocenters. The minimum Gasteiger partial charge on any atom is -0.309 e. The Hall–Kier alpha value is -3.56. The number of benzene rings is 1. The van der Waals surface area contributed by atoms with Crippen LogP contribution in [-0.4, -0.2) is 30.4 Å². The van der Waals surface area contributed by atoms with Crippen molar-refractivity contribution in [2.45, 2.75) is 64.0 Å². The number of rotatable bonds is 7. The molecule has 0 spiro atoms. The zero-order chi connectivity index (χ0) is 25.1. The van der Waals surface area contributed by atoms with E-state index in [-0.39, 0.29) is 28.4 Å². The molecule has 188 valence electrons. The average Bonchev–Trinajstić information content (AvgIpc) is 3.42. The Labute approximate surface area is 207 Å². The van der Waals surface area contributed by atoms with E-state index in [2.05, 4.69) is 15.5 Å². The van der Waals surface area contributed by atoms with Crippen molar-refractivity contribution in [1.29, 1.82) is 0 Å². The van der Waals surface area contributed by atoms with E-state index in [0.717, 1.165) is 44.2 Å². The number of nitrogens with zero attached hydrogens (tertiary/aromatic N) is 5. The zero-order valence-electron chi connectivity index (χ0n) is 20.2. The Bertz CT molecular complexity index is 1330. The van der Waals surface area contributed by atoms with Gasteiger partial charge in [-0.05, 0) is 68.8 Å². The van der Waals surface area contributed by atoms with Gasteiger partial charge < -0.3 is 5.32 Å². The zero-order valence-corrected chi connectivity index (χ0v) is 20.2. The lowest BCUT2D eigenvalue weighted by Crippen LogP contribution is -2.57. The maximum absolute atomic E-state index is 14.1. The van der Waals surface area contributed by atoms with Crippen molar-refractivity contribution in [3.05, 3.63) is 69.9 Å². The number of halogens is 1. The molecule has 1 N–H and O–H groups in total. The summed E-state index contributed by atoms with van der Waals surface area (Å²) in [5.41, 5.74) is 0.997. The lowest BCUT2D eigenvalue weighted by molar-refractivity contribution is -0.385. The van der Waals surface area contributed by atoms with Gasteiger partial charge in [0.15, 0.2) is 5.82 Å². The first-order valence-corrected chi connectivity index (χ1v) is 12.5. The molecule has 7 rings (SSSR count). The van der Waals surface area contributed by atoms with Crippen molar-refractivity contribution in [1.82, 2.24) is 19.6 Å². The van der Waals surface area contributed by atoms with Crippen LogP contribution in [0.15, 0.2) is 42.7 Å². The summed E-state index contributed by atoms with van der Waals surface area (Å²) in [5, 5.41) is 23.1. The fourth-order valence-electron chi connectivity index (χ4n) is 7.59. The highest BCUT2D eigenvalue weighted by Gasteiger charge is 2.59. The molecule has 2 aromatic heterocycles. The maximum atomic E-state index is 14.1. The number of nitro groups is 1. The van der Waals surface area contributed by atoms with Crippen LogP contribution in [0.3, 0.4) is 0 Å². The van der Waals surface area contributed by atoms with Gasteiger partial charge in [-0.15, -0.1) is 0 Å². The second kappa shape index (κ2) is 8.25. The number of amides is 1. The number of carbonyl (C=O) groups is 1. The summed E-state index contributed by atoms with van der Waals surface area (Å²) in [6.07, 6.45) is 9.19. The third-order valence-electron chi connectivity index (χ3n) is 8.48. The Morgan fingerprint density at radius 2 is 2.00 bits per heavy atom. The van der Waals surface area contributed by atoms with Gasteiger partial charge in [-0.25, -0.2) is 4.39 Å². The van der Waals surface area contributed by atoms with Crippen molar-refractivity contribution in [2.75, 3.05) is 5.32 Å². The van der Waals surface area contributed by atoms with Crippen LogP contribution in [0.5, 0.6) is 0 Å². The van der Waals surface area contributed by atoms with E-state index < -0.39 is 4.92 Å². The molecular formula is C26H29FN6O3. The number of aryl methyl sites for hydroxylation is 1. The number of anilines is 1. The number of hydrogen-bond acceptors (Lipinski definition) is 5. The summed E-state index contributed by atoms with van der Waals surface area (Å²) in [5.74, 6) is 1.12. The minimum atomic E-state index is -0.402. The predicted octanol–water partition coefficient (Wildman–Crippen LogP) is 4.81. The van der Waals surface area contributed by atoms with Crippen LogP contribution >= 0.6 is 0 Å². The van der Waals surface area contributed by atoms with E-state index in [9.17, 15) is 19.3 Å². The minimum absolute atomic E-state index is 0.0129. The first kappa shape index (κ1) is 22.9. The molecule has 0 saturated heterocycles. The van der Waals surface area contributed by atoms with E-state index in [0.29, 0.717) is 36.2 Å². The second-order valence-corrected chi connectivity index (χ2v) is 11.2. The smallest absolute Gasteiger partial charge is 0.307 e. The summed E-state index contributed by atoms with van der Waals surface area (Å²) in [6.45, 7) is 2.18. The molecule has 4 bridgehead atoms. The van der Waals surface area contributed by atoms with Gasteiger partial charge in [0.25, 0.3) is 0 Å². The Balaban J connectivity index is 1.18. The molecule has 4 fully saturated rings. The molecule has 4 aliphatic carbocycles. The predicted molar refractivity (Wildman–Crippen MR) is 130 cm³/mol. The van der Waals surface area contributed by atoms with Gasteiger partial charge in [-0.2, -0.15) is 10.2 Å². The standard InChI is InChI=1S/C26H29FN6O3/c1-17-6-23(30-31(17)14-20-4-2-3-5-22(20)27)29-24(34)12-25-8-18-7-19(9-25)11-26(10-18,16-25)32-15-21(13-28-32)33(35)36/h2-6,13,15,18-19H,7-12,14,16H2,1H3,(H,29,30,34)/t18-,19-,25?,26?/m0/s1. The van der Waals surface area contributed by atoms with E-state index in [1.165, 1.54) is 12.3 Å². The molecule has 2 heterocycles. The quantitative estimate of drug-likeness (QED) is 0.376. The topological polar surface area (TPSA) is 108 Å². The van der Waals surface area contributed by atoms with Crippen LogP contribution in [0.1, 0.15) is 56.2 Å². The van der Waals surface area contributed by atoms with Crippen LogP contribution in [0.2, 0.25) is 0 Å². The van der Waals surface area contributed by atoms with E-state index in [1.54, 1.807) is 29.1 Å². The van der Waals surface area contributed by atoms with Crippen LogP contribution in [0.4, 0.5) is 15.9 Å². The molecule has 4 aliphatic rings. The summed E-state index contributed by atoms with van der Waals surface area (Å²) >= 11 is 0. The van der Waals surface area contributed by atoms with Crippen LogP contribution < -0.4 is 5.32 Å². The molecule has 9 nitrogen and oxygen atoms in total. The van der Waals surface area contributed by atoms with Gasteiger partial charge in [0.05, 0.1) is 17.0 Å². The highest BCUT2D eigenvalue weighted by atomic mass is 19.1. The van der Waals surface area contributed by atoms with Crippen molar-refractivity contribution in [3.63, 3.8) is 0 Å². The maximum Gasteiger partial charge on any atom is 0.307 e. The van der Waals surface area contributed by atoms with Crippen molar-refractivity contribution in [2.24, 2.45) is 17.3 Å². The Kier molecular flexibility index (Phi) is 5.24. The van der Waals surface area contributed by atoms with E-state index in [1.807, 2.05) is 17.7 Å². The second-order valence-electron chi connectivity index (χ2n) is 11.2. The number of nitrogens with one attached hydrogen (secondary N) is 1. The molecule has 3 aromatic rings. The lowest BCUT2D eigenvalue weighted by atomic mass is 9.46. The molecule has 0 radical (unpaired) electrons. The van der Waals surface area contributed by atoms with Gasteiger partial charge in [0.2, 0.25) is 5.91 Å². The van der Waals surface area contributed by atoms with Gasteiger partial charge in [0.1, 0.15) is 18.2 Å². The summed E-state index contributed by atoms with van der Waals surface area (Å²) in [6, 6.07) is 8.41. The number of carbonyl (C=O) groups excluding carboxylic acids is 1. The normalized spacial score (nSPS) is 28.4. The van der Waals surface area contributed by atoms with Gasteiger partial charge in [-0.3, -0.25) is 24.3 Å². The molecule has 0 aliphatic heterocycles. The SMILES string of the molecule is Cc1cc(NC(=O)CC23C[C@@H]4C[C@@H](C2)CC(n2cc([N+](=O)[O-])cn2)(C4)C3)nn1Cc1ccccc1F. The molecule has 2 atom stereocenters. The Morgan fingerprint density at radius 3 is 2.69 bits per heavy atom. The summed E-state index contributed by atoms with van der Waals surface area (Å²) in [4.78, 5) is 24.1. The molecule has 36 heavy (non-hydrogen) atoms. The highest BCUT2D eigenvalue weighted by molar-refractivity contribution is 5.90. The van der Waals surface area contributed by atoms with Crippen molar-refractivity contribution in [3.8, 4) is 0 Å². The largest absolute Gasteiger partial charge is 0.309 e. The number of hydrogen-bond donors (Lipinski definition) is 1. The molecule has 1 amide bonds. The van der Waals surface area contributed by atoms with Crippen molar-refractivity contribution < 1.29 is 14.1 Å². The number of aromatic nitrogens is 4. The Morgan fingerprint density at radius 1 is 1.25 bits per heavy atom. The fourth-order valence-corrected chi connectivity index (χ4v) is 7.59. The molecular weight excluding hydrogens is 463 g/mol. The lowest BCUT2D eigenvalue weighted by Gasteiger charge is -2.61. The monoisotopic (exact) mass is 492 g/mol. The van der Waals surface area contributed by atoms with E-state index in [4.69, 9.17) is 0 Å². The molecule has 4 saturated carbocycles. The molecule has 10 heteroatoms. The van der Waals surface area contributed by atoms with Gasteiger partial charge >= 0.3 is 5.69 Å². The highest BCUT2D eigenvalue weighted by Crippen LogP contribution is 2.65. The average molecular weight is 493 g/mol. The molecule has 1 aromatic carbocycles. The van der Waals surface area contributed by atoms with E-state index >= 15 is 0 Å². The third-order valence-corrected chi connectivity index (χ3v) is 8.48. The first-order valence-electron chi connectivity index (χ1n) is 12.5. The van der Waals surface area contributed by atoms with Crippen LogP contribution in [0.25, 0.3) is 0 Å². The van der Waals surface area contributed by atoms with Crippen molar-refractivity contribution >= 4 is 17.4 Å². The first-order chi connectivity index (χ1) is 17.2. The fraction of sp³-hybridized carbons (Fsp3) is 0.500.